The molecule has 52 heavy (non-hydrogen) atoms. The minimum absolute atomic E-state index is 0.0227. The molecule has 4 amide bonds. The number of carbonyl (C=O) groups is 4. The minimum atomic E-state index is -1.18. The topological polar surface area (TPSA) is 167 Å². The Morgan fingerprint density at radius 2 is 1.54 bits per heavy atom. The molecule has 14 heteroatoms. The molecule has 0 spiro atoms. The molecule has 3 aliphatic rings. The van der Waals surface area contributed by atoms with Crippen LogP contribution in [0.4, 0.5) is 21.0 Å². The number of hydrogen-bond acceptors (Lipinski definition) is 10. The monoisotopic (exact) mass is 722 g/mol. The molecule has 3 N–H and O–H groups in total. The average molecular weight is 723 g/mol. The molecular formula is C38H50N4O10. The van der Waals surface area contributed by atoms with Crippen molar-refractivity contribution in [2.24, 2.45) is 0 Å². The maximum atomic E-state index is 13.1. The van der Waals surface area contributed by atoms with E-state index in [9.17, 15) is 29.4 Å². The molecule has 5 rings (SSSR count). The van der Waals surface area contributed by atoms with Gasteiger partial charge in [-0.25, -0.2) is 14.5 Å². The first kappa shape index (κ1) is 39.7. The maximum Gasteiger partial charge on any atom is 0.416 e. The highest BCUT2D eigenvalue weighted by Gasteiger charge is 2.44. The number of carbonyl (C=O) groups excluding carboxylic acids is 4. The second kappa shape index (κ2) is 18.4. The van der Waals surface area contributed by atoms with Gasteiger partial charge in [0, 0.05) is 13.1 Å². The summed E-state index contributed by atoms with van der Waals surface area (Å²) in [5.74, 6) is 0.652. The number of nitrogens with zero attached hydrogens (tertiary/aromatic N) is 3. The van der Waals surface area contributed by atoms with E-state index in [2.05, 4.69) is 18.5 Å². The quantitative estimate of drug-likeness (QED) is 0.294. The molecule has 3 atom stereocenters. The predicted octanol–water partition coefficient (Wildman–Crippen LogP) is 5.18. The Morgan fingerprint density at radius 3 is 2.21 bits per heavy atom. The first-order valence-corrected chi connectivity index (χ1v) is 17.4. The zero-order valence-electron chi connectivity index (χ0n) is 30.4. The number of ether oxygens (including phenoxy) is 4. The Labute approximate surface area is 304 Å². The van der Waals surface area contributed by atoms with Gasteiger partial charge in [0.05, 0.1) is 55.4 Å². The van der Waals surface area contributed by atoms with E-state index in [0.717, 1.165) is 43.2 Å². The molecule has 2 fully saturated rings. The number of aryl methyl sites for hydroxylation is 2. The Morgan fingerprint density at radius 1 is 0.904 bits per heavy atom. The summed E-state index contributed by atoms with van der Waals surface area (Å²) in [6, 6.07) is 5.92. The number of methoxy groups -OCH3 is 2. The lowest BCUT2D eigenvalue weighted by molar-refractivity contribution is 0.0233. The van der Waals surface area contributed by atoms with Gasteiger partial charge in [-0.05, 0) is 87.8 Å². The Hall–Kier alpha value is -5.08. The minimum Gasteiger partial charge on any atom is -0.496 e. The first-order chi connectivity index (χ1) is 25.0. The molecule has 0 bridgehead atoms. The van der Waals surface area contributed by atoms with Gasteiger partial charge in [0.25, 0.3) is 11.8 Å². The second-order valence-corrected chi connectivity index (χ2v) is 12.8. The van der Waals surface area contributed by atoms with Crippen LogP contribution in [0.2, 0.25) is 0 Å². The fourth-order valence-corrected chi connectivity index (χ4v) is 6.74. The van der Waals surface area contributed by atoms with Gasteiger partial charge in [0.15, 0.2) is 6.23 Å². The molecule has 2 aromatic carbocycles. The van der Waals surface area contributed by atoms with Crippen LogP contribution in [0.15, 0.2) is 49.6 Å². The van der Waals surface area contributed by atoms with Crippen LogP contribution in [0.3, 0.4) is 0 Å². The van der Waals surface area contributed by atoms with E-state index >= 15 is 0 Å². The number of likely N-dealkylation sites (tertiary alicyclic amines) is 1. The number of fused-ring (bicyclic) bond motifs is 2. The zero-order chi connectivity index (χ0) is 37.9. The molecule has 0 saturated carbocycles. The summed E-state index contributed by atoms with van der Waals surface area (Å²) < 4.78 is 20.8. The van der Waals surface area contributed by atoms with Crippen molar-refractivity contribution < 1.29 is 48.3 Å². The Kier molecular flexibility index (Phi) is 14.1. The lowest BCUT2D eigenvalue weighted by Gasteiger charge is -2.38. The number of amides is 4. The van der Waals surface area contributed by atoms with E-state index in [1.54, 1.807) is 34.1 Å². The molecule has 0 aliphatic carbocycles. The van der Waals surface area contributed by atoms with E-state index in [-0.39, 0.29) is 37.7 Å². The normalized spacial score (nSPS) is 19.5. The van der Waals surface area contributed by atoms with Gasteiger partial charge in [0.2, 0.25) is 0 Å². The van der Waals surface area contributed by atoms with Crippen LogP contribution in [0, 0.1) is 13.8 Å². The Bertz CT molecular complexity index is 1640. The van der Waals surface area contributed by atoms with Gasteiger partial charge in [-0.2, -0.15) is 0 Å². The summed E-state index contributed by atoms with van der Waals surface area (Å²) in [4.78, 5) is 55.4. The van der Waals surface area contributed by atoms with Crippen LogP contribution in [0.5, 0.6) is 11.5 Å². The third-order valence-electron chi connectivity index (χ3n) is 9.38. The van der Waals surface area contributed by atoms with E-state index in [1.165, 1.54) is 31.3 Å². The van der Waals surface area contributed by atoms with Crippen molar-refractivity contribution in [3.05, 3.63) is 71.8 Å². The van der Waals surface area contributed by atoms with Crippen molar-refractivity contribution in [1.29, 1.82) is 0 Å². The van der Waals surface area contributed by atoms with Gasteiger partial charge in [0.1, 0.15) is 24.7 Å². The summed E-state index contributed by atoms with van der Waals surface area (Å²) in [7, 11) is 3.06. The van der Waals surface area contributed by atoms with Crippen molar-refractivity contribution >= 4 is 35.4 Å². The predicted molar refractivity (Wildman–Crippen MR) is 195 cm³/mol. The van der Waals surface area contributed by atoms with Gasteiger partial charge >= 0.3 is 12.2 Å². The standard InChI is InChI=1S/C19H24N2O5.C19H26N2O5/c1-4-9-26-19(24)21-15-10-12(2)16(25-3)11-13(15)17(22)20-8-6-5-7-14(20)18(21)23;1-4-9-26-19(24)20-16-10-13(2)17(25-3)11-15(16)18(23)21-8-6-5-7-14(21)12-22/h4,10-11,14,18,23H,1,5-9H2,2-3H3;4,10-11,14,22H,1,5-9,12H2,2-3H3,(H,20,24)/t14-,18?;14-/m00/s1. The maximum absolute atomic E-state index is 13.1. The fraction of sp³-hybridized carbons (Fsp3) is 0.474. The van der Waals surface area contributed by atoms with Crippen molar-refractivity contribution in [1.82, 2.24) is 9.80 Å². The number of piperidine rings is 2. The van der Waals surface area contributed by atoms with Crippen LogP contribution in [0.1, 0.15) is 70.4 Å². The van der Waals surface area contributed by atoms with E-state index in [1.807, 2.05) is 13.8 Å². The summed E-state index contributed by atoms with van der Waals surface area (Å²) in [6.45, 7) is 11.8. The lowest BCUT2D eigenvalue weighted by Crippen LogP contribution is -2.55. The second-order valence-electron chi connectivity index (χ2n) is 12.8. The molecule has 282 valence electrons. The number of aliphatic hydroxyl groups is 2. The van der Waals surface area contributed by atoms with Gasteiger partial charge in [-0.3, -0.25) is 14.9 Å². The number of benzene rings is 2. The molecular weight excluding hydrogens is 672 g/mol. The Balaban J connectivity index is 0.000000233. The summed E-state index contributed by atoms with van der Waals surface area (Å²) >= 11 is 0. The van der Waals surface area contributed by atoms with Gasteiger partial charge in [-0.15, -0.1) is 0 Å². The van der Waals surface area contributed by atoms with Crippen molar-refractivity contribution in [3.63, 3.8) is 0 Å². The molecule has 1 unspecified atom stereocenters. The highest BCUT2D eigenvalue weighted by atomic mass is 16.6. The van der Waals surface area contributed by atoms with Crippen LogP contribution in [-0.2, 0) is 9.47 Å². The lowest BCUT2D eigenvalue weighted by atomic mass is 10.00. The number of nitrogens with one attached hydrogen (secondary N) is 1. The molecule has 0 radical (unpaired) electrons. The fourth-order valence-electron chi connectivity index (χ4n) is 6.74. The molecule has 2 aromatic rings. The molecule has 3 heterocycles. The average Bonchev–Trinajstić information content (AvgIpc) is 3.24. The number of hydrogen-bond donors (Lipinski definition) is 3. The zero-order valence-corrected chi connectivity index (χ0v) is 30.4. The van der Waals surface area contributed by atoms with E-state index < -0.39 is 24.5 Å². The van der Waals surface area contributed by atoms with E-state index in [4.69, 9.17) is 18.9 Å². The molecule has 0 aromatic heterocycles. The summed E-state index contributed by atoms with van der Waals surface area (Å²) in [5.41, 5.74) is 2.86. The molecule has 2 saturated heterocycles. The van der Waals surface area contributed by atoms with Gasteiger partial charge in [-0.1, -0.05) is 25.3 Å². The third-order valence-corrected chi connectivity index (χ3v) is 9.38. The number of aliphatic hydroxyl groups excluding tert-OH is 2. The van der Waals surface area contributed by atoms with E-state index in [0.29, 0.717) is 53.5 Å². The first-order valence-electron chi connectivity index (χ1n) is 17.4. The summed E-state index contributed by atoms with van der Waals surface area (Å²) in [5, 5.41) is 23.2. The van der Waals surface area contributed by atoms with Crippen molar-refractivity contribution in [3.8, 4) is 11.5 Å². The summed E-state index contributed by atoms with van der Waals surface area (Å²) in [6.07, 6.45) is 5.38. The van der Waals surface area contributed by atoms with Crippen LogP contribution >= 0.6 is 0 Å². The molecule has 14 nitrogen and oxygen atoms in total. The van der Waals surface area contributed by atoms with Crippen molar-refractivity contribution in [2.75, 3.05) is 57.3 Å². The number of anilines is 2. The highest BCUT2D eigenvalue weighted by molar-refractivity contribution is 6.06. The SMILES string of the molecule is C=CCOC(=O)N1c2cc(C)c(OC)cc2C(=O)N2CCCC[C@H]2C1O.C=CCOC(=O)Nc1cc(C)c(OC)cc1C(=O)N1CCCC[C@H]1CO. The van der Waals surface area contributed by atoms with Crippen LogP contribution in [-0.4, -0.2) is 109 Å². The van der Waals surface area contributed by atoms with Crippen LogP contribution < -0.4 is 19.7 Å². The molecule has 3 aliphatic heterocycles. The smallest absolute Gasteiger partial charge is 0.416 e. The largest absolute Gasteiger partial charge is 0.496 e. The highest BCUT2D eigenvalue weighted by Crippen LogP contribution is 2.38. The third kappa shape index (κ3) is 8.86. The van der Waals surface area contributed by atoms with Crippen molar-refractivity contribution in [2.45, 2.75) is 70.7 Å². The number of rotatable bonds is 9. The van der Waals surface area contributed by atoms with Crippen LogP contribution in [0.25, 0.3) is 0 Å². The van der Waals surface area contributed by atoms with Gasteiger partial charge < -0.3 is 39.0 Å².